The van der Waals surface area contributed by atoms with Crippen LogP contribution >= 0.6 is 0 Å². The van der Waals surface area contributed by atoms with Crippen LogP contribution in [0.4, 0.5) is 0 Å². The van der Waals surface area contributed by atoms with Crippen LogP contribution in [0.3, 0.4) is 0 Å². The maximum atomic E-state index is 12.8. The first-order chi connectivity index (χ1) is 15.1. The maximum Gasteiger partial charge on any atom is 0.342 e. The molecule has 0 N–H and O–H groups in total. The molecule has 1 aliphatic heterocycles. The molecule has 0 aromatic heterocycles. The fraction of sp³-hybridized carbons (Fsp3) is 0.923. The van der Waals surface area contributed by atoms with Crippen LogP contribution in [0.1, 0.15) is 129 Å². The number of unbranched alkanes of at least 4 members (excludes halogenated alkanes) is 12. The lowest BCUT2D eigenvalue weighted by Crippen LogP contribution is -2.44. The topological polar surface area (TPSA) is 65.1 Å². The van der Waals surface area contributed by atoms with Crippen LogP contribution in [0.5, 0.6) is 0 Å². The number of hydrogen-bond donors (Lipinski definition) is 0. The normalized spacial score (nSPS) is 24.5. The zero-order valence-electron chi connectivity index (χ0n) is 20.2. The number of hydrogen-bond acceptors (Lipinski definition) is 5. The Hall–Kier alpha value is -1.10. The van der Waals surface area contributed by atoms with Gasteiger partial charge in [0.2, 0.25) is 11.2 Å². The van der Waals surface area contributed by atoms with Gasteiger partial charge in [0.1, 0.15) is 0 Å². The average molecular weight is 439 g/mol. The minimum atomic E-state index is -1.08. The molecule has 5 nitrogen and oxygen atoms in total. The van der Waals surface area contributed by atoms with Gasteiger partial charge in [-0.2, -0.15) is 0 Å². The third-order valence-corrected chi connectivity index (χ3v) is 6.89. The molecule has 0 spiro atoms. The largest absolute Gasteiger partial charge is 0.463 e. The SMILES string of the molecule is CCCCCCCCCOC(=O)C12CCCCC1(C(=O)OCCCCCCCCC)O2. The highest BCUT2D eigenvalue weighted by Gasteiger charge is 2.81. The van der Waals surface area contributed by atoms with Gasteiger partial charge in [0, 0.05) is 0 Å². The molecule has 180 valence electrons. The smallest absolute Gasteiger partial charge is 0.342 e. The van der Waals surface area contributed by atoms with Crippen molar-refractivity contribution in [3.8, 4) is 0 Å². The Kier molecular flexibility index (Phi) is 11.9. The van der Waals surface area contributed by atoms with Gasteiger partial charge >= 0.3 is 11.9 Å². The van der Waals surface area contributed by atoms with Crippen LogP contribution in [0.15, 0.2) is 0 Å². The Bertz CT molecular complexity index is 488. The maximum absolute atomic E-state index is 12.8. The number of epoxide rings is 1. The number of carbonyl (C=O) groups is 2. The van der Waals surface area contributed by atoms with E-state index in [-0.39, 0.29) is 11.9 Å². The second-order valence-corrected chi connectivity index (χ2v) is 9.48. The molecule has 5 heteroatoms. The molecule has 0 aromatic rings. The van der Waals surface area contributed by atoms with E-state index in [9.17, 15) is 9.59 Å². The van der Waals surface area contributed by atoms with Gasteiger partial charge in [0.05, 0.1) is 13.2 Å². The van der Waals surface area contributed by atoms with Gasteiger partial charge < -0.3 is 14.2 Å². The zero-order chi connectivity index (χ0) is 22.4. The molecule has 2 atom stereocenters. The lowest BCUT2D eigenvalue weighted by atomic mass is 9.79. The quantitative estimate of drug-likeness (QED) is 0.136. The minimum Gasteiger partial charge on any atom is -0.463 e. The summed E-state index contributed by atoms with van der Waals surface area (Å²) >= 11 is 0. The van der Waals surface area contributed by atoms with Crippen molar-refractivity contribution >= 4 is 11.9 Å². The van der Waals surface area contributed by atoms with Crippen molar-refractivity contribution in [1.82, 2.24) is 0 Å². The predicted molar refractivity (Wildman–Crippen MR) is 123 cm³/mol. The summed E-state index contributed by atoms with van der Waals surface area (Å²) < 4.78 is 17.0. The van der Waals surface area contributed by atoms with Gasteiger partial charge in [-0.05, 0) is 38.5 Å². The Morgan fingerprint density at radius 2 is 0.968 bits per heavy atom. The van der Waals surface area contributed by atoms with Gasteiger partial charge in [-0.3, -0.25) is 0 Å². The summed E-state index contributed by atoms with van der Waals surface area (Å²) in [7, 11) is 0. The second kappa shape index (κ2) is 14.1. The molecular formula is C26H46O5. The van der Waals surface area contributed by atoms with E-state index in [1.54, 1.807) is 0 Å². The lowest BCUT2D eigenvalue weighted by molar-refractivity contribution is -0.155. The summed E-state index contributed by atoms with van der Waals surface area (Å²) in [4.78, 5) is 25.6. The summed E-state index contributed by atoms with van der Waals surface area (Å²) in [5.74, 6) is -0.711. The van der Waals surface area contributed by atoms with E-state index in [0.29, 0.717) is 26.1 Å². The highest BCUT2D eigenvalue weighted by Crippen LogP contribution is 2.58. The van der Waals surface area contributed by atoms with Crippen molar-refractivity contribution in [2.75, 3.05) is 13.2 Å². The van der Waals surface area contributed by atoms with Gasteiger partial charge in [-0.25, -0.2) is 9.59 Å². The molecule has 1 heterocycles. The fourth-order valence-corrected chi connectivity index (χ4v) is 4.82. The number of esters is 2. The van der Waals surface area contributed by atoms with E-state index in [1.165, 1.54) is 64.2 Å². The lowest BCUT2D eigenvalue weighted by Gasteiger charge is -2.22. The summed E-state index contributed by atoms with van der Waals surface area (Å²) in [5, 5.41) is 0. The molecule has 2 rings (SSSR count). The fourth-order valence-electron chi connectivity index (χ4n) is 4.82. The van der Waals surface area contributed by atoms with Crippen LogP contribution in [0, 0.1) is 0 Å². The summed E-state index contributed by atoms with van der Waals surface area (Å²) in [6, 6.07) is 0. The Morgan fingerprint density at radius 1 is 0.613 bits per heavy atom. The molecule has 1 aliphatic carbocycles. The molecule has 0 amide bonds. The molecule has 2 fully saturated rings. The minimum absolute atomic E-state index is 0.356. The van der Waals surface area contributed by atoms with Crippen molar-refractivity contribution in [2.45, 2.75) is 141 Å². The van der Waals surface area contributed by atoms with Crippen molar-refractivity contribution in [3.05, 3.63) is 0 Å². The van der Waals surface area contributed by atoms with E-state index >= 15 is 0 Å². The zero-order valence-corrected chi connectivity index (χ0v) is 20.2. The van der Waals surface area contributed by atoms with Crippen molar-refractivity contribution in [1.29, 1.82) is 0 Å². The van der Waals surface area contributed by atoms with E-state index < -0.39 is 11.2 Å². The van der Waals surface area contributed by atoms with Gasteiger partial charge in [-0.15, -0.1) is 0 Å². The second-order valence-electron chi connectivity index (χ2n) is 9.48. The van der Waals surface area contributed by atoms with Crippen LogP contribution in [-0.4, -0.2) is 36.4 Å². The van der Waals surface area contributed by atoms with Crippen molar-refractivity contribution in [3.63, 3.8) is 0 Å². The molecular weight excluding hydrogens is 392 g/mol. The number of rotatable bonds is 18. The first-order valence-corrected chi connectivity index (χ1v) is 13.2. The molecule has 2 aliphatic rings. The average Bonchev–Trinajstić information content (AvgIpc) is 3.49. The van der Waals surface area contributed by atoms with Crippen LogP contribution in [0.2, 0.25) is 0 Å². The monoisotopic (exact) mass is 438 g/mol. The number of carbonyl (C=O) groups excluding carboxylic acids is 2. The number of fused-ring (bicyclic) bond motifs is 1. The molecule has 0 bridgehead atoms. The molecule has 31 heavy (non-hydrogen) atoms. The van der Waals surface area contributed by atoms with Crippen LogP contribution < -0.4 is 0 Å². The summed E-state index contributed by atoms with van der Waals surface area (Å²) in [6.45, 7) is 5.27. The van der Waals surface area contributed by atoms with Crippen LogP contribution in [-0.2, 0) is 23.8 Å². The third kappa shape index (κ3) is 7.47. The summed E-state index contributed by atoms with van der Waals surface area (Å²) in [6.07, 6.45) is 19.4. The predicted octanol–water partition coefficient (Wildman–Crippen LogP) is 6.66. The molecule has 1 saturated carbocycles. The van der Waals surface area contributed by atoms with Gasteiger partial charge in [0.25, 0.3) is 0 Å². The van der Waals surface area contributed by atoms with E-state index in [0.717, 1.165) is 38.5 Å². The van der Waals surface area contributed by atoms with E-state index in [4.69, 9.17) is 14.2 Å². The summed E-state index contributed by atoms with van der Waals surface area (Å²) in [5.41, 5.74) is -2.16. The molecule has 0 radical (unpaired) electrons. The standard InChI is InChI=1S/C26H46O5/c1-3-5-7-9-11-13-17-21-29-23(27)25-19-15-16-20-26(25,31-25)24(28)30-22-18-14-12-10-8-6-4-2/h3-22H2,1-2H3. The van der Waals surface area contributed by atoms with Gasteiger partial charge in [0.15, 0.2) is 0 Å². The Balaban J connectivity index is 1.65. The number of ether oxygens (including phenoxy) is 3. The van der Waals surface area contributed by atoms with Crippen LogP contribution in [0.25, 0.3) is 0 Å². The van der Waals surface area contributed by atoms with Crippen molar-refractivity contribution < 1.29 is 23.8 Å². The first-order valence-electron chi connectivity index (χ1n) is 13.2. The van der Waals surface area contributed by atoms with Crippen molar-refractivity contribution in [2.24, 2.45) is 0 Å². The molecule has 2 unspecified atom stereocenters. The van der Waals surface area contributed by atoms with Gasteiger partial charge in [-0.1, -0.05) is 90.9 Å². The first kappa shape index (κ1) is 26.2. The molecule has 0 aromatic carbocycles. The molecule has 1 saturated heterocycles. The third-order valence-electron chi connectivity index (χ3n) is 6.89. The highest BCUT2D eigenvalue weighted by molar-refractivity contribution is 5.98. The highest BCUT2D eigenvalue weighted by atomic mass is 16.7. The Morgan fingerprint density at radius 3 is 1.35 bits per heavy atom. The van der Waals surface area contributed by atoms with E-state index in [2.05, 4.69) is 13.8 Å². The Labute approximate surface area is 190 Å². The van der Waals surface area contributed by atoms with E-state index in [1.807, 2.05) is 0 Å².